The van der Waals surface area contributed by atoms with Crippen molar-refractivity contribution in [2.45, 2.75) is 62.8 Å². The highest BCUT2D eigenvalue weighted by Crippen LogP contribution is 2.67. The number of carbonyl (C=O) groups excluding carboxylic acids is 2. The molecule has 0 bridgehead atoms. The van der Waals surface area contributed by atoms with Crippen LogP contribution in [-0.4, -0.2) is 49.2 Å². The number of halogens is 2. The number of nitrogens with one attached hydrogen (secondary N) is 1. The van der Waals surface area contributed by atoms with Crippen LogP contribution in [-0.2, 0) is 9.59 Å². The normalized spacial score (nSPS) is 38.8. The molecular weight excluding hydrogens is 531 g/mol. The third-order valence-electron chi connectivity index (χ3n) is 9.95. The van der Waals surface area contributed by atoms with Crippen LogP contribution in [0.2, 0.25) is 10.0 Å². The van der Waals surface area contributed by atoms with Crippen molar-refractivity contribution < 1.29 is 19.8 Å². The summed E-state index contributed by atoms with van der Waals surface area (Å²) in [4.78, 5) is 33.3. The van der Waals surface area contributed by atoms with Gasteiger partial charge in [0.2, 0.25) is 0 Å². The number of allylic oxidation sites excluding steroid dienone is 4. The van der Waals surface area contributed by atoms with E-state index in [2.05, 4.69) is 16.9 Å². The molecule has 0 aliphatic heterocycles. The fourth-order valence-corrected chi connectivity index (χ4v) is 9.26. The smallest absolute Gasteiger partial charge is 0.178 e. The van der Waals surface area contributed by atoms with Gasteiger partial charge < -0.3 is 15.2 Å². The van der Waals surface area contributed by atoms with Gasteiger partial charge in [-0.1, -0.05) is 60.5 Å². The molecule has 3 N–H and O–H groups in total. The van der Waals surface area contributed by atoms with Gasteiger partial charge in [0, 0.05) is 16.7 Å². The van der Waals surface area contributed by atoms with Gasteiger partial charge in [-0.05, 0) is 68.2 Å². The Bertz CT molecular complexity index is 1350. The summed E-state index contributed by atoms with van der Waals surface area (Å²) < 4.78 is 0. The molecule has 196 valence electrons. The van der Waals surface area contributed by atoms with Crippen molar-refractivity contribution in [3.8, 4) is 0 Å². The van der Waals surface area contributed by atoms with Gasteiger partial charge >= 0.3 is 0 Å². The zero-order valence-corrected chi connectivity index (χ0v) is 23.1. The van der Waals surface area contributed by atoms with E-state index in [1.165, 1.54) is 11.8 Å². The van der Waals surface area contributed by atoms with Crippen molar-refractivity contribution in [1.82, 2.24) is 9.97 Å². The molecule has 0 saturated heterocycles. The van der Waals surface area contributed by atoms with Crippen molar-refractivity contribution >= 4 is 57.6 Å². The van der Waals surface area contributed by atoms with Crippen molar-refractivity contribution in [2.24, 2.45) is 28.6 Å². The Morgan fingerprint density at radius 3 is 2.78 bits per heavy atom. The van der Waals surface area contributed by atoms with E-state index in [1.807, 2.05) is 13.0 Å². The van der Waals surface area contributed by atoms with Gasteiger partial charge in [-0.25, -0.2) is 4.98 Å². The Hall–Kier alpha value is -1.64. The van der Waals surface area contributed by atoms with E-state index in [1.54, 1.807) is 24.3 Å². The molecule has 0 amide bonds. The zero-order valence-electron chi connectivity index (χ0n) is 20.8. The van der Waals surface area contributed by atoms with E-state index < -0.39 is 17.1 Å². The molecule has 1 aromatic carbocycles. The summed E-state index contributed by atoms with van der Waals surface area (Å²) in [7, 11) is 0. The molecule has 3 saturated carbocycles. The number of H-pyrrole nitrogens is 1. The minimum absolute atomic E-state index is 0.00930. The lowest BCUT2D eigenvalue weighted by atomic mass is 9.46. The van der Waals surface area contributed by atoms with Crippen LogP contribution in [0.4, 0.5) is 0 Å². The van der Waals surface area contributed by atoms with Gasteiger partial charge in [-0.15, -0.1) is 0 Å². The number of nitrogens with zero attached hydrogens (tertiary/aromatic N) is 1. The van der Waals surface area contributed by atoms with Gasteiger partial charge in [0.15, 0.2) is 16.7 Å². The molecular formula is C28H30Cl2N2O4S. The summed E-state index contributed by atoms with van der Waals surface area (Å²) in [6, 6.07) is 3.39. The number of carbonyl (C=O) groups is 2. The summed E-state index contributed by atoms with van der Waals surface area (Å²) in [6.45, 7) is 4.12. The molecule has 4 aliphatic carbocycles. The minimum atomic E-state index is -1.51. The number of aromatic amines is 1. The lowest BCUT2D eigenvalue weighted by molar-refractivity contribution is -0.174. The number of imidazole rings is 1. The molecule has 2 aromatic rings. The maximum atomic E-state index is 13.6. The Morgan fingerprint density at radius 1 is 1.24 bits per heavy atom. The van der Waals surface area contributed by atoms with Crippen LogP contribution >= 0.6 is 35.0 Å². The number of aromatic nitrogens is 2. The van der Waals surface area contributed by atoms with E-state index >= 15 is 0 Å². The third-order valence-corrected chi connectivity index (χ3v) is 11.5. The van der Waals surface area contributed by atoms with Crippen molar-refractivity contribution in [3.05, 3.63) is 46.0 Å². The maximum Gasteiger partial charge on any atom is 0.178 e. The van der Waals surface area contributed by atoms with E-state index in [0.717, 1.165) is 30.4 Å². The number of Topliss-reactive ketones (excluding diaryl/α,β-unsaturated/α-hetero) is 1. The Kier molecular flexibility index (Phi) is 6.01. The summed E-state index contributed by atoms with van der Waals surface area (Å²) in [6.07, 6.45) is 7.82. The highest BCUT2D eigenvalue weighted by atomic mass is 35.5. The fourth-order valence-electron chi connectivity index (χ4n) is 8.09. The molecule has 3 fully saturated rings. The predicted molar refractivity (Wildman–Crippen MR) is 145 cm³/mol. The molecule has 0 radical (unpaired) electrons. The second kappa shape index (κ2) is 8.68. The first-order valence-corrected chi connectivity index (χ1v) is 14.6. The average molecular weight is 562 g/mol. The quantitative estimate of drug-likeness (QED) is 0.424. The Balaban J connectivity index is 1.23. The van der Waals surface area contributed by atoms with Crippen molar-refractivity contribution in [1.29, 1.82) is 0 Å². The topological polar surface area (TPSA) is 103 Å². The standard InChI is InChI=1S/C28H30Cl2N2O4S/c1-26-7-5-15(33)9-14(26)3-4-16-17-6-8-28(36,27(17,2)12-22(34)24(16)26)23(35)13-37-25-31-20-10-18(29)19(30)11-21(20)32-25/h5,7,9-11,16-17,22,24,34,36H,3-4,6,8,12-13H2,1-2H3,(H,31,32)/t16?,17?,22-,24?,26?,27?,28-/m0/s1. The largest absolute Gasteiger partial charge is 0.393 e. The Morgan fingerprint density at radius 2 is 2.00 bits per heavy atom. The first kappa shape index (κ1) is 25.6. The van der Waals surface area contributed by atoms with Gasteiger partial charge in [0.05, 0.1) is 32.9 Å². The van der Waals surface area contributed by atoms with Gasteiger partial charge in [-0.2, -0.15) is 0 Å². The number of hydrogen-bond donors (Lipinski definition) is 3. The molecule has 0 spiro atoms. The van der Waals surface area contributed by atoms with Crippen LogP contribution < -0.4 is 0 Å². The lowest BCUT2D eigenvalue weighted by Gasteiger charge is -2.59. The predicted octanol–water partition coefficient (Wildman–Crippen LogP) is 5.54. The van der Waals surface area contributed by atoms with E-state index in [-0.39, 0.29) is 40.5 Å². The number of aliphatic hydroxyl groups excluding tert-OH is 1. The molecule has 9 heteroatoms. The number of aliphatic hydroxyl groups is 2. The molecule has 4 aliphatic rings. The third kappa shape index (κ3) is 3.72. The average Bonchev–Trinajstić information content (AvgIpc) is 3.35. The van der Waals surface area contributed by atoms with Crippen LogP contribution in [0.25, 0.3) is 11.0 Å². The second-order valence-electron chi connectivity index (χ2n) is 11.6. The van der Waals surface area contributed by atoms with E-state index in [9.17, 15) is 19.8 Å². The zero-order chi connectivity index (χ0) is 26.3. The molecule has 1 aromatic heterocycles. The summed E-state index contributed by atoms with van der Waals surface area (Å²) in [5, 5.41) is 24.9. The summed E-state index contributed by atoms with van der Waals surface area (Å²) in [5.41, 5.74) is -0.106. The van der Waals surface area contributed by atoms with Crippen LogP contribution in [0.5, 0.6) is 0 Å². The first-order chi connectivity index (χ1) is 17.5. The van der Waals surface area contributed by atoms with Gasteiger partial charge in [0.25, 0.3) is 0 Å². The molecule has 6 nitrogen and oxygen atoms in total. The van der Waals surface area contributed by atoms with Crippen molar-refractivity contribution in [2.75, 3.05) is 5.75 Å². The van der Waals surface area contributed by atoms with Gasteiger partial charge in [-0.3, -0.25) is 9.59 Å². The number of benzene rings is 1. The highest BCUT2D eigenvalue weighted by Gasteiger charge is 2.68. The van der Waals surface area contributed by atoms with E-state index in [0.29, 0.717) is 33.6 Å². The number of fused-ring (bicyclic) bond motifs is 6. The Labute approximate surface area is 229 Å². The first-order valence-electron chi connectivity index (χ1n) is 12.8. The number of rotatable bonds is 4. The molecule has 7 atom stereocenters. The summed E-state index contributed by atoms with van der Waals surface area (Å²) >= 11 is 13.5. The lowest BCUT2D eigenvalue weighted by Crippen LogP contribution is -2.61. The maximum absolute atomic E-state index is 13.6. The highest BCUT2D eigenvalue weighted by molar-refractivity contribution is 7.99. The summed E-state index contributed by atoms with van der Waals surface area (Å²) in [5.74, 6) is 0.119. The number of hydrogen-bond acceptors (Lipinski definition) is 6. The SMILES string of the molecule is CC12C=CC(=O)C=C1CCC1C2[C@@H](O)CC2(C)C1CC[C@]2(O)C(=O)CSc1nc2cc(Cl)c(Cl)cc2[nH]1. The molecule has 5 unspecified atom stereocenters. The fraction of sp³-hybridized carbons (Fsp3) is 0.536. The van der Waals surface area contributed by atoms with Crippen molar-refractivity contribution in [3.63, 3.8) is 0 Å². The van der Waals surface area contributed by atoms with Crippen LogP contribution in [0.1, 0.15) is 46.0 Å². The second-order valence-corrected chi connectivity index (χ2v) is 13.4. The van der Waals surface area contributed by atoms with Crippen LogP contribution in [0.3, 0.4) is 0 Å². The molecule has 37 heavy (non-hydrogen) atoms. The molecule has 1 heterocycles. The number of ketones is 2. The van der Waals surface area contributed by atoms with Crippen LogP contribution in [0.15, 0.2) is 41.1 Å². The molecule has 6 rings (SSSR count). The minimum Gasteiger partial charge on any atom is -0.393 e. The number of thioether (sulfide) groups is 1. The van der Waals surface area contributed by atoms with Gasteiger partial charge in [0.1, 0.15) is 5.60 Å². The van der Waals surface area contributed by atoms with E-state index in [4.69, 9.17) is 23.2 Å². The monoisotopic (exact) mass is 560 g/mol. The van der Waals surface area contributed by atoms with Crippen LogP contribution in [0, 0.1) is 28.6 Å².